The van der Waals surface area contributed by atoms with Gasteiger partial charge in [0.05, 0.1) is 17.0 Å². The maximum Gasteiger partial charge on any atom is 0.240 e. The van der Waals surface area contributed by atoms with Gasteiger partial charge in [0.1, 0.15) is 5.52 Å². The molecule has 170 valence electrons. The largest absolute Gasteiger partial charge is 0.479 e. The third-order valence-corrected chi connectivity index (χ3v) is 15.4. The van der Waals surface area contributed by atoms with Crippen LogP contribution in [0.2, 0.25) is 18.1 Å². The molecule has 4 rings (SSSR count). The zero-order valence-electron chi connectivity index (χ0n) is 19.8. The number of methoxy groups -OCH3 is 1. The zero-order valence-corrected chi connectivity index (χ0v) is 21.6. The number of pyridine rings is 2. The Morgan fingerprint density at radius 3 is 2.48 bits per heavy atom. The Morgan fingerprint density at radius 2 is 1.84 bits per heavy atom. The number of hydrogen-bond donors (Lipinski definition) is 0. The van der Waals surface area contributed by atoms with Gasteiger partial charge in [-0.15, -0.1) is 0 Å². The molecule has 2 aromatic heterocycles. The Balaban J connectivity index is 1.53. The first-order valence-corrected chi connectivity index (χ1v) is 15.7. The number of anilines is 1. The van der Waals surface area contributed by atoms with Crippen LogP contribution >= 0.6 is 0 Å². The van der Waals surface area contributed by atoms with Gasteiger partial charge in [0.25, 0.3) is 0 Å². The van der Waals surface area contributed by atoms with Gasteiger partial charge in [-0.2, -0.15) is 0 Å². The van der Waals surface area contributed by atoms with Crippen molar-refractivity contribution >= 4 is 34.7 Å². The number of hydrogen-bond acceptors (Lipinski definition) is 6. The summed E-state index contributed by atoms with van der Waals surface area (Å²) >= 11 is 0. The van der Waals surface area contributed by atoms with Crippen LogP contribution in [0.4, 0.5) is 5.69 Å². The van der Waals surface area contributed by atoms with E-state index in [0.717, 1.165) is 49.2 Å². The van der Waals surface area contributed by atoms with E-state index in [1.807, 2.05) is 18.5 Å². The third kappa shape index (κ3) is 3.96. The summed E-state index contributed by atoms with van der Waals surface area (Å²) < 4.78 is 26.2. The number of fused-ring (bicyclic) bond motifs is 1. The molecular formula is C22H35N5O2SSi. The Hall–Kier alpha value is -1.71. The van der Waals surface area contributed by atoms with Gasteiger partial charge < -0.3 is 9.64 Å². The Labute approximate surface area is 187 Å². The highest BCUT2D eigenvalue weighted by Crippen LogP contribution is 2.45. The van der Waals surface area contributed by atoms with Crippen molar-refractivity contribution in [3.8, 4) is 5.88 Å². The van der Waals surface area contributed by atoms with Gasteiger partial charge in [0, 0.05) is 61.3 Å². The average Bonchev–Trinajstić information content (AvgIpc) is 3.11. The van der Waals surface area contributed by atoms with Crippen LogP contribution < -0.4 is 9.64 Å². The van der Waals surface area contributed by atoms with E-state index in [2.05, 4.69) is 59.1 Å². The predicted octanol–water partition coefficient (Wildman–Crippen LogP) is 4.17. The summed E-state index contributed by atoms with van der Waals surface area (Å²) in [5.74, 6) is 0.555. The summed E-state index contributed by atoms with van der Waals surface area (Å²) in [6.07, 6.45) is 6.51. The lowest BCUT2D eigenvalue weighted by Gasteiger charge is -2.49. The molecule has 31 heavy (non-hydrogen) atoms. The van der Waals surface area contributed by atoms with E-state index in [-0.39, 0.29) is 10.5 Å². The van der Waals surface area contributed by atoms with E-state index >= 15 is 0 Å². The molecule has 2 fully saturated rings. The first-order valence-electron chi connectivity index (χ1n) is 10.9. The maximum atomic E-state index is 13.6. The van der Waals surface area contributed by atoms with Crippen LogP contribution in [-0.4, -0.2) is 66.3 Å². The average molecular weight is 462 g/mol. The molecule has 4 heterocycles. The van der Waals surface area contributed by atoms with Gasteiger partial charge in [0.2, 0.25) is 5.88 Å². The fraction of sp³-hybridized carbons (Fsp3) is 0.636. The molecule has 0 aromatic carbocycles. The minimum absolute atomic E-state index is 0.0919. The molecule has 1 unspecified atom stereocenters. The standard InChI is InChI=1S/C22H35N5O2SSi/c1-21(2,3)31(6,7)25-30(5,28)27-13-10-22(16-27)14-26(15-22)18-9-12-23-19-17(18)8-11-24-20(19)29-4/h8-9,11-12H,10,13-16H2,1-7H3. The maximum absolute atomic E-state index is 13.6. The fourth-order valence-corrected chi connectivity index (χ4v) is 10.3. The SMILES string of the molecule is COc1nccc2c(N3CC4(CCN(S(C)(=O)=N[Si](C)(C)C(C)(C)C)C4)C3)ccnc12. The molecule has 0 radical (unpaired) electrons. The zero-order chi connectivity index (χ0) is 22.7. The summed E-state index contributed by atoms with van der Waals surface area (Å²) in [5.41, 5.74) is 2.15. The van der Waals surface area contributed by atoms with Crippen molar-refractivity contribution in [2.24, 2.45) is 9.44 Å². The molecule has 2 aromatic rings. The molecule has 9 heteroatoms. The van der Waals surface area contributed by atoms with E-state index in [4.69, 9.17) is 8.77 Å². The Bertz CT molecular complexity index is 1110. The van der Waals surface area contributed by atoms with Crippen LogP contribution in [0.25, 0.3) is 10.9 Å². The van der Waals surface area contributed by atoms with Crippen molar-refractivity contribution < 1.29 is 8.95 Å². The molecular weight excluding hydrogens is 426 g/mol. The molecule has 7 nitrogen and oxygen atoms in total. The lowest BCUT2D eigenvalue weighted by atomic mass is 9.78. The summed E-state index contributed by atoms with van der Waals surface area (Å²) in [6.45, 7) is 14.7. The van der Waals surface area contributed by atoms with Gasteiger partial charge in [0.15, 0.2) is 8.24 Å². The summed E-state index contributed by atoms with van der Waals surface area (Å²) in [7, 11) is -2.71. The molecule has 2 aliphatic rings. The number of nitrogens with zero attached hydrogens (tertiary/aromatic N) is 5. The first kappa shape index (κ1) is 22.5. The smallest absolute Gasteiger partial charge is 0.240 e. The summed E-state index contributed by atoms with van der Waals surface area (Å²) in [6, 6.07) is 4.07. The van der Waals surface area contributed by atoms with E-state index in [9.17, 15) is 4.21 Å². The summed E-state index contributed by atoms with van der Waals surface area (Å²) in [4.78, 5) is 11.1. The number of aromatic nitrogens is 2. The van der Waals surface area contributed by atoms with Crippen molar-refractivity contribution in [2.75, 3.05) is 44.4 Å². The van der Waals surface area contributed by atoms with E-state index in [1.165, 1.54) is 0 Å². The minimum atomic E-state index is -2.36. The van der Waals surface area contributed by atoms with Crippen LogP contribution in [0.1, 0.15) is 27.2 Å². The van der Waals surface area contributed by atoms with E-state index < -0.39 is 18.2 Å². The molecule has 2 aliphatic heterocycles. The molecule has 0 saturated carbocycles. The van der Waals surface area contributed by atoms with Gasteiger partial charge in [-0.3, -0.25) is 9.01 Å². The van der Waals surface area contributed by atoms with Gasteiger partial charge in [-0.25, -0.2) is 13.5 Å². The van der Waals surface area contributed by atoms with Crippen LogP contribution in [-0.2, 0) is 9.92 Å². The van der Waals surface area contributed by atoms with E-state index in [1.54, 1.807) is 13.3 Å². The van der Waals surface area contributed by atoms with Crippen molar-refractivity contribution in [3.05, 3.63) is 24.5 Å². The third-order valence-electron chi connectivity index (χ3n) is 7.30. The highest BCUT2D eigenvalue weighted by Gasteiger charge is 2.50. The second-order valence-electron chi connectivity index (χ2n) is 10.7. The van der Waals surface area contributed by atoms with Crippen LogP contribution in [0.5, 0.6) is 5.88 Å². The van der Waals surface area contributed by atoms with Crippen molar-refractivity contribution in [1.82, 2.24) is 14.3 Å². The van der Waals surface area contributed by atoms with E-state index in [0.29, 0.717) is 5.88 Å². The van der Waals surface area contributed by atoms with Crippen LogP contribution in [0.3, 0.4) is 0 Å². The van der Waals surface area contributed by atoms with Gasteiger partial charge in [-0.1, -0.05) is 20.8 Å². The second-order valence-corrected chi connectivity index (χ2v) is 18.1. The molecule has 0 amide bonds. The lowest BCUT2D eigenvalue weighted by Crippen LogP contribution is -2.58. The van der Waals surface area contributed by atoms with Crippen molar-refractivity contribution in [3.63, 3.8) is 0 Å². The molecule has 0 N–H and O–H groups in total. The molecule has 1 atom stereocenters. The number of ether oxygens (including phenoxy) is 1. The quantitative estimate of drug-likeness (QED) is 0.639. The van der Waals surface area contributed by atoms with Gasteiger partial charge in [-0.05, 0) is 36.7 Å². The fourth-order valence-electron chi connectivity index (χ4n) is 4.46. The minimum Gasteiger partial charge on any atom is -0.479 e. The highest BCUT2D eigenvalue weighted by molar-refractivity contribution is 7.91. The summed E-state index contributed by atoms with van der Waals surface area (Å²) in [5, 5.41) is 1.15. The normalized spacial score (nSPS) is 21.2. The Kier molecular flexibility index (Phi) is 5.38. The monoisotopic (exact) mass is 461 g/mol. The molecule has 1 spiro atoms. The van der Waals surface area contributed by atoms with Crippen LogP contribution in [0, 0.1) is 5.41 Å². The van der Waals surface area contributed by atoms with Gasteiger partial charge >= 0.3 is 0 Å². The molecule has 0 bridgehead atoms. The van der Waals surface area contributed by atoms with Crippen LogP contribution in [0.15, 0.2) is 28.6 Å². The highest BCUT2D eigenvalue weighted by atomic mass is 32.2. The van der Waals surface area contributed by atoms with Crippen molar-refractivity contribution in [2.45, 2.75) is 45.3 Å². The first-order chi connectivity index (χ1) is 14.4. The van der Waals surface area contributed by atoms with Crippen molar-refractivity contribution in [1.29, 1.82) is 0 Å². The Morgan fingerprint density at radius 1 is 1.16 bits per heavy atom. The topological polar surface area (TPSA) is 70.9 Å². The second kappa shape index (κ2) is 7.42. The molecule has 2 saturated heterocycles. The lowest BCUT2D eigenvalue weighted by molar-refractivity contribution is 0.232. The number of rotatable bonds is 4. The molecule has 0 aliphatic carbocycles. The predicted molar refractivity (Wildman–Crippen MR) is 131 cm³/mol.